The molecule has 2 N–H and O–H groups in total. The van der Waals surface area contributed by atoms with Gasteiger partial charge < -0.3 is 15.2 Å². The van der Waals surface area contributed by atoms with E-state index in [4.69, 9.17) is 15.2 Å². The van der Waals surface area contributed by atoms with Gasteiger partial charge in [0.15, 0.2) is 0 Å². The summed E-state index contributed by atoms with van der Waals surface area (Å²) in [6.45, 7) is 3.01. The maximum Gasteiger partial charge on any atom is 0.122 e. The predicted octanol–water partition coefficient (Wildman–Crippen LogP) is 2.44. The van der Waals surface area contributed by atoms with Crippen molar-refractivity contribution in [1.82, 2.24) is 4.90 Å². The lowest BCUT2D eigenvalue weighted by atomic mass is 10.0. The molecule has 0 radical (unpaired) electrons. The molecule has 1 aromatic rings. The van der Waals surface area contributed by atoms with Crippen LogP contribution < -0.4 is 15.2 Å². The van der Waals surface area contributed by atoms with E-state index in [9.17, 15) is 0 Å². The number of benzene rings is 1. The van der Waals surface area contributed by atoms with Gasteiger partial charge >= 0.3 is 0 Å². The summed E-state index contributed by atoms with van der Waals surface area (Å²) in [6, 6.07) is 6.36. The minimum absolute atomic E-state index is 0.264. The highest BCUT2D eigenvalue weighted by atomic mass is 16.5. The first kappa shape index (κ1) is 14.7. The number of ether oxygens (including phenoxy) is 2. The van der Waals surface area contributed by atoms with E-state index >= 15 is 0 Å². The standard InChI is InChI=1S/C17H26N2O2/c1-20-15-6-14(7-16(8-15)21-2)17(9-18)19-10-12-4-3-5-13(12)11-19/h6-8,12-13,17H,3-5,9-11,18H2,1-2H3. The zero-order valence-electron chi connectivity index (χ0n) is 13.0. The van der Waals surface area contributed by atoms with Crippen molar-refractivity contribution in [2.24, 2.45) is 17.6 Å². The van der Waals surface area contributed by atoms with Crippen LogP contribution in [0, 0.1) is 11.8 Å². The number of nitrogens with zero attached hydrogens (tertiary/aromatic N) is 1. The van der Waals surface area contributed by atoms with Crippen molar-refractivity contribution in [3.8, 4) is 11.5 Å². The van der Waals surface area contributed by atoms with Crippen LogP contribution in [0.25, 0.3) is 0 Å². The van der Waals surface area contributed by atoms with E-state index in [0.29, 0.717) is 6.54 Å². The number of fused-ring (bicyclic) bond motifs is 1. The molecule has 4 nitrogen and oxygen atoms in total. The molecule has 4 heteroatoms. The van der Waals surface area contributed by atoms with Crippen molar-refractivity contribution in [1.29, 1.82) is 0 Å². The Bertz CT molecular complexity index is 457. The van der Waals surface area contributed by atoms with Gasteiger partial charge in [0.25, 0.3) is 0 Å². The Morgan fingerprint density at radius 2 is 1.67 bits per heavy atom. The van der Waals surface area contributed by atoms with Gasteiger partial charge in [0, 0.05) is 31.7 Å². The van der Waals surface area contributed by atoms with Gasteiger partial charge in [-0.25, -0.2) is 0 Å². The lowest BCUT2D eigenvalue weighted by molar-refractivity contribution is 0.231. The second kappa shape index (κ2) is 6.24. The van der Waals surface area contributed by atoms with Crippen LogP contribution in [0.5, 0.6) is 11.5 Å². The molecule has 116 valence electrons. The highest BCUT2D eigenvalue weighted by Crippen LogP contribution is 2.41. The molecule has 1 heterocycles. The molecule has 1 aliphatic heterocycles. The van der Waals surface area contributed by atoms with Crippen LogP contribution in [-0.2, 0) is 0 Å². The van der Waals surface area contributed by atoms with Gasteiger partial charge in [-0.05, 0) is 42.4 Å². The van der Waals surface area contributed by atoms with Crippen LogP contribution >= 0.6 is 0 Å². The van der Waals surface area contributed by atoms with Crippen LogP contribution in [0.2, 0.25) is 0 Å². The Kier molecular flexibility index (Phi) is 4.36. The first-order valence-electron chi connectivity index (χ1n) is 7.92. The predicted molar refractivity (Wildman–Crippen MR) is 83.7 cm³/mol. The molecule has 0 bridgehead atoms. The second-order valence-corrected chi connectivity index (χ2v) is 6.30. The SMILES string of the molecule is COc1cc(OC)cc(C(CN)N2CC3CCCC3C2)c1. The molecule has 3 unspecified atom stereocenters. The summed E-state index contributed by atoms with van der Waals surface area (Å²) < 4.78 is 10.8. The molecule has 3 atom stereocenters. The Labute approximate surface area is 127 Å². The van der Waals surface area contributed by atoms with Crippen molar-refractivity contribution >= 4 is 0 Å². The molecule has 1 aromatic carbocycles. The molecular weight excluding hydrogens is 264 g/mol. The van der Waals surface area contributed by atoms with Gasteiger partial charge in [-0.3, -0.25) is 4.90 Å². The van der Waals surface area contributed by atoms with Crippen LogP contribution in [0.15, 0.2) is 18.2 Å². The van der Waals surface area contributed by atoms with Crippen molar-refractivity contribution < 1.29 is 9.47 Å². The minimum Gasteiger partial charge on any atom is -0.497 e. The normalized spacial score (nSPS) is 26.6. The third kappa shape index (κ3) is 2.87. The number of hydrogen-bond donors (Lipinski definition) is 1. The van der Waals surface area contributed by atoms with Crippen LogP contribution in [0.3, 0.4) is 0 Å². The first-order chi connectivity index (χ1) is 10.2. The summed E-state index contributed by atoms with van der Waals surface area (Å²) in [5.74, 6) is 3.43. The smallest absolute Gasteiger partial charge is 0.122 e. The van der Waals surface area contributed by atoms with Crippen molar-refractivity contribution in [3.05, 3.63) is 23.8 Å². The molecule has 21 heavy (non-hydrogen) atoms. The molecule has 1 aliphatic carbocycles. The van der Waals surface area contributed by atoms with E-state index < -0.39 is 0 Å². The van der Waals surface area contributed by atoms with E-state index in [1.165, 1.54) is 37.9 Å². The molecule has 2 aliphatic rings. The quantitative estimate of drug-likeness (QED) is 0.905. The number of hydrogen-bond acceptors (Lipinski definition) is 4. The average molecular weight is 290 g/mol. The molecule has 0 amide bonds. The van der Waals surface area contributed by atoms with E-state index in [1.54, 1.807) is 14.2 Å². The van der Waals surface area contributed by atoms with Gasteiger partial charge in [0.1, 0.15) is 11.5 Å². The summed E-state index contributed by atoms with van der Waals surface area (Å²) >= 11 is 0. The van der Waals surface area contributed by atoms with Crippen molar-refractivity contribution in [2.45, 2.75) is 25.3 Å². The average Bonchev–Trinajstić information content (AvgIpc) is 3.09. The van der Waals surface area contributed by atoms with Gasteiger partial charge in [-0.2, -0.15) is 0 Å². The molecule has 2 fully saturated rings. The molecular formula is C17H26N2O2. The number of rotatable bonds is 5. The van der Waals surface area contributed by atoms with E-state index in [0.717, 1.165) is 23.3 Å². The summed E-state index contributed by atoms with van der Waals surface area (Å²) in [5, 5.41) is 0. The highest BCUT2D eigenvalue weighted by Gasteiger charge is 2.38. The zero-order valence-corrected chi connectivity index (χ0v) is 13.0. The van der Waals surface area contributed by atoms with Gasteiger partial charge in [-0.1, -0.05) is 6.42 Å². The fourth-order valence-electron chi connectivity index (χ4n) is 4.04. The highest BCUT2D eigenvalue weighted by molar-refractivity contribution is 5.40. The van der Waals surface area contributed by atoms with E-state index in [-0.39, 0.29) is 6.04 Å². The zero-order chi connectivity index (χ0) is 14.8. The second-order valence-electron chi connectivity index (χ2n) is 6.30. The monoisotopic (exact) mass is 290 g/mol. The van der Waals surface area contributed by atoms with Crippen molar-refractivity contribution in [2.75, 3.05) is 33.9 Å². The number of likely N-dealkylation sites (tertiary alicyclic amines) is 1. The maximum atomic E-state index is 6.09. The van der Waals surface area contributed by atoms with Crippen molar-refractivity contribution in [3.63, 3.8) is 0 Å². The Morgan fingerprint density at radius 1 is 1.10 bits per heavy atom. The number of nitrogens with two attached hydrogens (primary N) is 1. The van der Waals surface area contributed by atoms with Crippen LogP contribution in [-0.4, -0.2) is 38.8 Å². The minimum atomic E-state index is 0.264. The molecule has 0 spiro atoms. The fourth-order valence-corrected chi connectivity index (χ4v) is 4.04. The van der Waals surface area contributed by atoms with Crippen LogP contribution in [0.4, 0.5) is 0 Å². The largest absolute Gasteiger partial charge is 0.497 e. The topological polar surface area (TPSA) is 47.7 Å². The summed E-state index contributed by atoms with van der Waals surface area (Å²) in [5.41, 5.74) is 7.30. The fraction of sp³-hybridized carbons (Fsp3) is 0.647. The molecule has 3 rings (SSSR count). The first-order valence-corrected chi connectivity index (χ1v) is 7.92. The van der Waals surface area contributed by atoms with Gasteiger partial charge in [0.05, 0.1) is 14.2 Å². The molecule has 1 saturated heterocycles. The maximum absolute atomic E-state index is 6.09. The third-order valence-electron chi connectivity index (χ3n) is 5.18. The van der Waals surface area contributed by atoms with E-state index in [2.05, 4.69) is 17.0 Å². The lowest BCUT2D eigenvalue weighted by Gasteiger charge is -2.28. The Balaban J connectivity index is 1.82. The van der Waals surface area contributed by atoms with Gasteiger partial charge in [0.2, 0.25) is 0 Å². The Morgan fingerprint density at radius 3 is 2.14 bits per heavy atom. The van der Waals surface area contributed by atoms with Gasteiger partial charge in [-0.15, -0.1) is 0 Å². The molecule has 1 saturated carbocycles. The summed E-state index contributed by atoms with van der Waals surface area (Å²) in [4.78, 5) is 2.56. The number of methoxy groups -OCH3 is 2. The lowest BCUT2D eigenvalue weighted by Crippen LogP contribution is -2.32. The third-order valence-corrected chi connectivity index (χ3v) is 5.18. The summed E-state index contributed by atoms with van der Waals surface area (Å²) in [7, 11) is 3.38. The van der Waals surface area contributed by atoms with Crippen LogP contribution in [0.1, 0.15) is 30.9 Å². The Hall–Kier alpha value is -1.26. The van der Waals surface area contributed by atoms with E-state index in [1.807, 2.05) is 6.07 Å². The molecule has 0 aromatic heterocycles. The summed E-state index contributed by atoms with van der Waals surface area (Å²) in [6.07, 6.45) is 4.18.